The summed E-state index contributed by atoms with van der Waals surface area (Å²) in [6.07, 6.45) is 1.84. The second-order valence-corrected chi connectivity index (χ2v) is 5.07. The van der Waals surface area contributed by atoms with Crippen LogP contribution in [0.2, 0.25) is 0 Å². The number of rotatable bonds is 6. The summed E-state index contributed by atoms with van der Waals surface area (Å²) in [6.45, 7) is 4.08. The van der Waals surface area contributed by atoms with Gasteiger partial charge in [0.05, 0.1) is 5.75 Å². The van der Waals surface area contributed by atoms with Gasteiger partial charge < -0.3 is 11.1 Å². The van der Waals surface area contributed by atoms with Gasteiger partial charge in [0.15, 0.2) is 0 Å². The van der Waals surface area contributed by atoms with Crippen LogP contribution in [0.15, 0.2) is 23.1 Å². The number of carbonyl (C=O) groups excluding carboxylic acids is 1. The Hall–Kier alpha value is -1.23. The number of nitrogens with one attached hydrogen (secondary N) is 1. The molecule has 0 atom stereocenters. The van der Waals surface area contributed by atoms with E-state index < -0.39 is 0 Å². The molecule has 0 saturated carbocycles. The maximum Gasteiger partial charge on any atom is 0.230 e. The van der Waals surface area contributed by atoms with Crippen LogP contribution in [0, 0.1) is 5.82 Å². The molecule has 0 fully saturated rings. The fraction of sp³-hybridized carbons (Fsp3) is 0.462. The minimum Gasteiger partial charge on any atom is -0.398 e. The second kappa shape index (κ2) is 7.26. The van der Waals surface area contributed by atoms with Crippen LogP contribution in [-0.2, 0) is 4.79 Å². The fourth-order valence-corrected chi connectivity index (χ4v) is 2.32. The van der Waals surface area contributed by atoms with Crippen molar-refractivity contribution < 1.29 is 9.18 Å². The fourth-order valence-electron chi connectivity index (χ4n) is 1.56. The first kappa shape index (κ1) is 14.8. The summed E-state index contributed by atoms with van der Waals surface area (Å²) in [4.78, 5) is 12.4. The number of hydrogen-bond donors (Lipinski definition) is 2. The topological polar surface area (TPSA) is 55.1 Å². The zero-order valence-corrected chi connectivity index (χ0v) is 11.5. The minimum atomic E-state index is -0.363. The largest absolute Gasteiger partial charge is 0.398 e. The van der Waals surface area contributed by atoms with E-state index in [0.29, 0.717) is 11.4 Å². The molecule has 1 rings (SSSR count). The quantitative estimate of drug-likeness (QED) is 0.617. The van der Waals surface area contributed by atoms with Crippen molar-refractivity contribution in [3.05, 3.63) is 24.0 Å². The molecule has 3 nitrogen and oxygen atoms in total. The van der Waals surface area contributed by atoms with Gasteiger partial charge in [0.25, 0.3) is 0 Å². The van der Waals surface area contributed by atoms with Crippen LogP contribution in [0.1, 0.15) is 26.7 Å². The minimum absolute atomic E-state index is 0.0163. The predicted molar refractivity (Wildman–Crippen MR) is 74.0 cm³/mol. The van der Waals surface area contributed by atoms with Gasteiger partial charge in [-0.05, 0) is 31.0 Å². The van der Waals surface area contributed by atoms with E-state index in [2.05, 4.69) is 5.32 Å². The highest BCUT2D eigenvalue weighted by atomic mass is 32.2. The van der Waals surface area contributed by atoms with Crippen LogP contribution in [0.25, 0.3) is 0 Å². The molecule has 0 spiro atoms. The molecule has 0 aliphatic carbocycles. The van der Waals surface area contributed by atoms with Gasteiger partial charge in [-0.1, -0.05) is 13.8 Å². The Balaban J connectivity index is 2.47. The number of carbonyl (C=O) groups is 1. The maximum atomic E-state index is 12.8. The molecule has 3 N–H and O–H groups in total. The van der Waals surface area contributed by atoms with E-state index in [1.807, 2.05) is 13.8 Å². The lowest BCUT2D eigenvalue weighted by Gasteiger charge is -2.14. The number of amides is 1. The molecule has 0 radical (unpaired) electrons. The van der Waals surface area contributed by atoms with Crippen molar-refractivity contribution in [2.24, 2.45) is 0 Å². The van der Waals surface area contributed by atoms with Gasteiger partial charge in [0.1, 0.15) is 5.82 Å². The van der Waals surface area contributed by atoms with Crippen LogP contribution in [0.4, 0.5) is 10.1 Å². The van der Waals surface area contributed by atoms with E-state index in [1.165, 1.54) is 23.9 Å². The molecule has 0 unspecified atom stereocenters. The highest BCUT2D eigenvalue weighted by molar-refractivity contribution is 8.00. The SMILES string of the molecule is CCC(CC)NC(=O)CSc1ccc(F)cc1N. The highest BCUT2D eigenvalue weighted by Gasteiger charge is 2.09. The van der Waals surface area contributed by atoms with Crippen LogP contribution >= 0.6 is 11.8 Å². The molecule has 100 valence electrons. The zero-order valence-electron chi connectivity index (χ0n) is 10.7. The molecular formula is C13H19FN2OS. The van der Waals surface area contributed by atoms with Crippen molar-refractivity contribution in [1.29, 1.82) is 0 Å². The van der Waals surface area contributed by atoms with Gasteiger partial charge in [-0.2, -0.15) is 0 Å². The van der Waals surface area contributed by atoms with Gasteiger partial charge in [-0.25, -0.2) is 4.39 Å². The molecule has 0 aliphatic heterocycles. The highest BCUT2D eigenvalue weighted by Crippen LogP contribution is 2.25. The smallest absolute Gasteiger partial charge is 0.230 e. The Labute approximate surface area is 111 Å². The van der Waals surface area contributed by atoms with E-state index >= 15 is 0 Å². The summed E-state index contributed by atoms with van der Waals surface area (Å²) in [5.41, 5.74) is 6.04. The summed E-state index contributed by atoms with van der Waals surface area (Å²) in [7, 11) is 0. The Morgan fingerprint density at radius 2 is 2.11 bits per heavy atom. The van der Waals surface area contributed by atoms with Gasteiger partial charge in [0.2, 0.25) is 5.91 Å². The van der Waals surface area contributed by atoms with Gasteiger partial charge in [0, 0.05) is 16.6 Å². The van der Waals surface area contributed by atoms with Crippen LogP contribution < -0.4 is 11.1 Å². The van der Waals surface area contributed by atoms with Crippen molar-refractivity contribution in [2.75, 3.05) is 11.5 Å². The third kappa shape index (κ3) is 4.56. The molecule has 0 aromatic heterocycles. The molecule has 5 heteroatoms. The summed E-state index contributed by atoms with van der Waals surface area (Å²) >= 11 is 1.32. The lowest BCUT2D eigenvalue weighted by Crippen LogP contribution is -2.35. The van der Waals surface area contributed by atoms with Crippen molar-refractivity contribution >= 4 is 23.4 Å². The van der Waals surface area contributed by atoms with Crippen molar-refractivity contribution in [2.45, 2.75) is 37.6 Å². The average Bonchev–Trinajstić information content (AvgIpc) is 2.35. The molecular weight excluding hydrogens is 251 g/mol. The monoisotopic (exact) mass is 270 g/mol. The van der Waals surface area contributed by atoms with Crippen LogP contribution in [-0.4, -0.2) is 17.7 Å². The predicted octanol–water partition coefficient (Wildman–Crippen LogP) is 2.80. The van der Waals surface area contributed by atoms with E-state index in [-0.39, 0.29) is 17.8 Å². The van der Waals surface area contributed by atoms with Crippen molar-refractivity contribution in [3.63, 3.8) is 0 Å². The summed E-state index contributed by atoms with van der Waals surface area (Å²) in [5, 5.41) is 2.94. The average molecular weight is 270 g/mol. The first-order valence-corrected chi connectivity index (χ1v) is 7.02. The summed E-state index contributed by atoms with van der Waals surface area (Å²) in [5.74, 6) is -0.0810. The molecule has 0 heterocycles. The first-order chi connectivity index (χ1) is 8.56. The van der Waals surface area contributed by atoms with Gasteiger partial charge in [-0.3, -0.25) is 4.79 Å². The van der Waals surface area contributed by atoms with Gasteiger partial charge >= 0.3 is 0 Å². The summed E-state index contributed by atoms with van der Waals surface area (Å²) in [6, 6.07) is 4.43. The molecule has 1 amide bonds. The molecule has 0 saturated heterocycles. The molecule has 1 aromatic rings. The van der Waals surface area contributed by atoms with Crippen LogP contribution in [0.5, 0.6) is 0 Å². The summed E-state index contributed by atoms with van der Waals surface area (Å²) < 4.78 is 12.8. The van der Waals surface area contributed by atoms with Crippen LogP contribution in [0.3, 0.4) is 0 Å². The van der Waals surface area contributed by atoms with E-state index in [9.17, 15) is 9.18 Å². The zero-order chi connectivity index (χ0) is 13.5. The lowest BCUT2D eigenvalue weighted by molar-refractivity contribution is -0.119. The lowest BCUT2D eigenvalue weighted by atomic mass is 10.2. The second-order valence-electron chi connectivity index (χ2n) is 4.05. The Morgan fingerprint density at radius 1 is 1.44 bits per heavy atom. The number of hydrogen-bond acceptors (Lipinski definition) is 3. The number of nitrogen functional groups attached to an aromatic ring is 1. The molecule has 1 aromatic carbocycles. The van der Waals surface area contributed by atoms with Gasteiger partial charge in [-0.15, -0.1) is 11.8 Å². The Morgan fingerprint density at radius 3 is 2.67 bits per heavy atom. The Bertz CT molecular complexity index is 408. The van der Waals surface area contributed by atoms with E-state index in [1.54, 1.807) is 6.07 Å². The molecule has 0 aliphatic rings. The van der Waals surface area contributed by atoms with Crippen molar-refractivity contribution in [1.82, 2.24) is 5.32 Å². The number of halogens is 1. The maximum absolute atomic E-state index is 12.8. The third-order valence-electron chi connectivity index (χ3n) is 2.68. The number of thioether (sulfide) groups is 1. The number of nitrogens with two attached hydrogens (primary N) is 1. The Kier molecular flexibility index (Phi) is 5.98. The standard InChI is InChI=1S/C13H19FN2OS/c1-3-10(4-2)16-13(17)8-18-12-6-5-9(14)7-11(12)15/h5-7,10H,3-4,8,15H2,1-2H3,(H,16,17). The normalized spacial score (nSPS) is 10.7. The van der Waals surface area contributed by atoms with Crippen molar-refractivity contribution in [3.8, 4) is 0 Å². The molecule has 18 heavy (non-hydrogen) atoms. The first-order valence-electron chi connectivity index (χ1n) is 6.04. The number of anilines is 1. The van der Waals surface area contributed by atoms with E-state index in [0.717, 1.165) is 17.7 Å². The third-order valence-corrected chi connectivity index (χ3v) is 3.77. The van der Waals surface area contributed by atoms with E-state index in [4.69, 9.17) is 5.73 Å². The number of benzene rings is 1. The molecule has 0 bridgehead atoms.